The predicted octanol–water partition coefficient (Wildman–Crippen LogP) is 1.75. The van der Waals surface area contributed by atoms with E-state index >= 15 is 0 Å². The van der Waals surface area contributed by atoms with Gasteiger partial charge in [0, 0.05) is 6.61 Å². The lowest BCUT2D eigenvalue weighted by molar-refractivity contribution is -0.167. The van der Waals surface area contributed by atoms with Crippen LogP contribution in [-0.2, 0) is 9.47 Å². The average molecular weight is 168 g/mol. The molecular weight excluding hydrogens is 151 g/mol. The number of ether oxygens (including phenoxy) is 2. The van der Waals surface area contributed by atoms with E-state index in [9.17, 15) is 0 Å². The van der Waals surface area contributed by atoms with Crippen LogP contribution in [-0.4, -0.2) is 27.4 Å². The summed E-state index contributed by atoms with van der Waals surface area (Å²) in [5, 5.41) is 0. The zero-order chi connectivity index (χ0) is 8.81. The second-order valence-electron chi connectivity index (χ2n) is 3.47. The lowest BCUT2D eigenvalue weighted by atomic mass is 9.93. The van der Waals surface area contributed by atoms with Gasteiger partial charge in [0.25, 0.3) is 0 Å². The maximum atomic E-state index is 5.53. The molecule has 1 aliphatic rings. The van der Waals surface area contributed by atoms with Crippen LogP contribution in [0.1, 0.15) is 26.2 Å². The van der Waals surface area contributed by atoms with Crippen LogP contribution in [0.2, 0.25) is 6.32 Å². The molecule has 0 aromatic carbocycles. The summed E-state index contributed by atoms with van der Waals surface area (Å²) in [5.74, 6) is 0.440. The van der Waals surface area contributed by atoms with E-state index in [1.807, 2.05) is 0 Å². The Morgan fingerprint density at radius 2 is 2.42 bits per heavy atom. The molecule has 0 aromatic heterocycles. The average Bonchev–Trinajstić information content (AvgIpc) is 2.16. The van der Waals surface area contributed by atoms with Gasteiger partial charge in [0.1, 0.15) is 0 Å². The van der Waals surface area contributed by atoms with Gasteiger partial charge in [-0.25, -0.2) is 0 Å². The zero-order valence-corrected chi connectivity index (χ0v) is 7.79. The molecule has 1 fully saturated rings. The van der Waals surface area contributed by atoms with Crippen LogP contribution in [0.15, 0.2) is 0 Å². The first-order chi connectivity index (χ1) is 5.83. The van der Waals surface area contributed by atoms with Gasteiger partial charge in [0.2, 0.25) is 0 Å². The summed E-state index contributed by atoms with van der Waals surface area (Å²) in [5.41, 5.74) is 0. The van der Waals surface area contributed by atoms with Crippen molar-refractivity contribution in [3.8, 4) is 0 Å². The third-order valence-corrected chi connectivity index (χ3v) is 2.11. The van der Waals surface area contributed by atoms with Gasteiger partial charge in [0.15, 0.2) is 6.29 Å². The summed E-state index contributed by atoms with van der Waals surface area (Å²) >= 11 is 0. The maximum Gasteiger partial charge on any atom is 0.157 e. The molecule has 0 aromatic rings. The van der Waals surface area contributed by atoms with E-state index in [1.54, 1.807) is 0 Å². The highest BCUT2D eigenvalue weighted by atomic mass is 16.7. The van der Waals surface area contributed by atoms with Crippen molar-refractivity contribution in [1.29, 1.82) is 0 Å². The van der Waals surface area contributed by atoms with Crippen LogP contribution in [0.3, 0.4) is 0 Å². The molecule has 68 valence electrons. The van der Waals surface area contributed by atoms with Crippen molar-refractivity contribution < 1.29 is 9.47 Å². The Labute approximate surface area is 76.0 Å². The van der Waals surface area contributed by atoms with Crippen LogP contribution in [0, 0.1) is 5.92 Å². The molecule has 2 nitrogen and oxygen atoms in total. The molecule has 0 amide bonds. The summed E-state index contributed by atoms with van der Waals surface area (Å²) in [4.78, 5) is 0. The minimum absolute atomic E-state index is 0.0350. The van der Waals surface area contributed by atoms with Crippen molar-refractivity contribution in [3.63, 3.8) is 0 Å². The SMILES string of the molecule is [B]CC(C)COC1CCCCO1. The fourth-order valence-electron chi connectivity index (χ4n) is 1.18. The van der Waals surface area contributed by atoms with Crippen molar-refractivity contribution >= 4 is 7.85 Å². The Kier molecular flexibility index (Phi) is 4.70. The topological polar surface area (TPSA) is 18.5 Å². The van der Waals surface area contributed by atoms with Gasteiger partial charge >= 0.3 is 0 Å². The summed E-state index contributed by atoms with van der Waals surface area (Å²) in [7, 11) is 5.47. The van der Waals surface area contributed by atoms with Crippen molar-refractivity contribution in [3.05, 3.63) is 0 Å². The van der Waals surface area contributed by atoms with Gasteiger partial charge in [-0.3, -0.25) is 0 Å². The van der Waals surface area contributed by atoms with Crippen LogP contribution in [0.25, 0.3) is 0 Å². The van der Waals surface area contributed by atoms with Gasteiger partial charge in [-0.15, -0.1) is 0 Å². The third kappa shape index (κ3) is 3.59. The van der Waals surface area contributed by atoms with Crippen molar-refractivity contribution in [2.24, 2.45) is 5.92 Å². The van der Waals surface area contributed by atoms with Crippen LogP contribution >= 0.6 is 0 Å². The standard InChI is InChI=1S/C9H17BO2/c1-8(6-10)7-12-9-4-2-3-5-11-9/h8-9H,2-7H2,1H3. The van der Waals surface area contributed by atoms with E-state index in [0.717, 1.165) is 19.6 Å². The van der Waals surface area contributed by atoms with Crippen LogP contribution < -0.4 is 0 Å². The van der Waals surface area contributed by atoms with Gasteiger partial charge in [0.05, 0.1) is 14.5 Å². The first-order valence-corrected chi connectivity index (χ1v) is 4.76. The van der Waals surface area contributed by atoms with Crippen molar-refractivity contribution in [2.75, 3.05) is 13.2 Å². The lowest BCUT2D eigenvalue weighted by Crippen LogP contribution is -2.24. The molecule has 0 saturated carbocycles. The fraction of sp³-hybridized carbons (Fsp3) is 1.00. The lowest BCUT2D eigenvalue weighted by Gasteiger charge is -2.23. The number of hydrogen-bond donors (Lipinski definition) is 0. The third-order valence-electron chi connectivity index (χ3n) is 2.11. The molecule has 2 atom stereocenters. The van der Waals surface area contributed by atoms with Gasteiger partial charge in [-0.05, 0) is 25.2 Å². The molecule has 1 aliphatic heterocycles. The van der Waals surface area contributed by atoms with Crippen LogP contribution in [0.5, 0.6) is 0 Å². The molecule has 2 radical (unpaired) electrons. The molecule has 1 heterocycles. The van der Waals surface area contributed by atoms with Gasteiger partial charge < -0.3 is 9.47 Å². The van der Waals surface area contributed by atoms with E-state index in [0.29, 0.717) is 12.2 Å². The predicted molar refractivity (Wildman–Crippen MR) is 49.3 cm³/mol. The molecule has 3 heteroatoms. The van der Waals surface area contributed by atoms with Crippen molar-refractivity contribution in [2.45, 2.75) is 38.8 Å². The summed E-state index contributed by atoms with van der Waals surface area (Å²) < 4.78 is 10.9. The Bertz CT molecular complexity index is 113. The maximum absolute atomic E-state index is 5.53. The molecule has 0 N–H and O–H groups in total. The van der Waals surface area contributed by atoms with E-state index in [4.69, 9.17) is 17.3 Å². The van der Waals surface area contributed by atoms with E-state index in [2.05, 4.69) is 6.92 Å². The highest BCUT2D eigenvalue weighted by Gasteiger charge is 2.14. The number of rotatable bonds is 4. The van der Waals surface area contributed by atoms with E-state index < -0.39 is 0 Å². The summed E-state index contributed by atoms with van der Waals surface area (Å²) in [6.45, 7) is 3.66. The molecule has 0 aliphatic carbocycles. The number of hydrogen-bond acceptors (Lipinski definition) is 2. The fourth-order valence-corrected chi connectivity index (χ4v) is 1.18. The molecule has 0 bridgehead atoms. The molecule has 12 heavy (non-hydrogen) atoms. The second-order valence-corrected chi connectivity index (χ2v) is 3.47. The Morgan fingerprint density at radius 3 is 3.00 bits per heavy atom. The Balaban J connectivity index is 2.05. The molecule has 1 rings (SSSR count). The minimum atomic E-state index is 0.0350. The van der Waals surface area contributed by atoms with Gasteiger partial charge in [-0.2, -0.15) is 0 Å². The molecular formula is C9H17BO2. The first kappa shape index (κ1) is 10.1. The zero-order valence-electron chi connectivity index (χ0n) is 7.79. The summed E-state index contributed by atoms with van der Waals surface area (Å²) in [6.07, 6.45) is 4.16. The highest BCUT2D eigenvalue weighted by Crippen LogP contribution is 2.14. The smallest absolute Gasteiger partial charge is 0.157 e. The normalized spacial score (nSPS) is 26.9. The molecule has 1 saturated heterocycles. The summed E-state index contributed by atoms with van der Waals surface area (Å²) in [6, 6.07) is 0. The second kappa shape index (κ2) is 5.60. The largest absolute Gasteiger partial charge is 0.353 e. The molecule has 2 unspecified atom stereocenters. The Hall–Kier alpha value is -0.0151. The minimum Gasteiger partial charge on any atom is -0.353 e. The highest BCUT2D eigenvalue weighted by molar-refractivity contribution is 6.08. The first-order valence-electron chi connectivity index (χ1n) is 4.76. The van der Waals surface area contributed by atoms with E-state index in [-0.39, 0.29) is 6.29 Å². The quantitative estimate of drug-likeness (QED) is 0.595. The monoisotopic (exact) mass is 168 g/mol. The Morgan fingerprint density at radius 1 is 1.58 bits per heavy atom. The van der Waals surface area contributed by atoms with Crippen molar-refractivity contribution in [1.82, 2.24) is 0 Å². The van der Waals surface area contributed by atoms with E-state index in [1.165, 1.54) is 12.8 Å². The van der Waals surface area contributed by atoms with Gasteiger partial charge in [-0.1, -0.05) is 13.2 Å². The van der Waals surface area contributed by atoms with Crippen LogP contribution in [0.4, 0.5) is 0 Å². The molecule has 0 spiro atoms.